The van der Waals surface area contributed by atoms with E-state index < -0.39 is 0 Å². The van der Waals surface area contributed by atoms with Crippen LogP contribution in [0, 0.1) is 0 Å². The van der Waals surface area contributed by atoms with Crippen molar-refractivity contribution in [3.05, 3.63) is 35.4 Å². The number of carbonyl (C=O) groups excluding carboxylic acids is 1. The SMILES string of the molecule is CC(C)(CNC(=O)CC1CSCCN1)N1CCc2ccccc2C1.Cl.Cl. The summed E-state index contributed by atoms with van der Waals surface area (Å²) in [6.07, 6.45) is 1.68. The number of nitrogens with zero attached hydrogens (tertiary/aromatic N) is 1. The normalized spacial score (nSPS) is 20.3. The Bertz CT molecular complexity index is 580. The molecule has 1 fully saturated rings. The van der Waals surface area contributed by atoms with Crippen LogP contribution in [-0.4, -0.2) is 53.5 Å². The van der Waals surface area contributed by atoms with Gasteiger partial charge in [-0.25, -0.2) is 0 Å². The molecule has 1 aromatic carbocycles. The number of hydrogen-bond acceptors (Lipinski definition) is 4. The van der Waals surface area contributed by atoms with Crippen LogP contribution in [0.4, 0.5) is 0 Å². The van der Waals surface area contributed by atoms with Crippen LogP contribution < -0.4 is 10.6 Å². The van der Waals surface area contributed by atoms with Crippen molar-refractivity contribution in [2.75, 3.05) is 31.1 Å². The van der Waals surface area contributed by atoms with Gasteiger partial charge in [0.25, 0.3) is 0 Å². The van der Waals surface area contributed by atoms with Gasteiger partial charge in [-0.15, -0.1) is 24.8 Å². The monoisotopic (exact) mass is 419 g/mol. The van der Waals surface area contributed by atoms with Gasteiger partial charge in [0.15, 0.2) is 0 Å². The maximum absolute atomic E-state index is 12.3. The highest BCUT2D eigenvalue weighted by Gasteiger charge is 2.30. The molecule has 2 aliphatic rings. The molecule has 26 heavy (non-hydrogen) atoms. The quantitative estimate of drug-likeness (QED) is 0.769. The van der Waals surface area contributed by atoms with Crippen molar-refractivity contribution in [1.82, 2.24) is 15.5 Å². The van der Waals surface area contributed by atoms with Gasteiger partial charge in [0.1, 0.15) is 0 Å². The maximum atomic E-state index is 12.3. The van der Waals surface area contributed by atoms with E-state index in [4.69, 9.17) is 0 Å². The van der Waals surface area contributed by atoms with Crippen molar-refractivity contribution in [1.29, 1.82) is 0 Å². The summed E-state index contributed by atoms with van der Waals surface area (Å²) in [6.45, 7) is 8.21. The third-order valence-electron chi connectivity index (χ3n) is 5.14. The van der Waals surface area contributed by atoms with E-state index in [1.54, 1.807) is 0 Å². The van der Waals surface area contributed by atoms with Gasteiger partial charge in [0, 0.05) is 55.7 Å². The second-order valence-corrected chi connectivity index (χ2v) is 8.61. The predicted octanol–water partition coefficient (Wildman–Crippen LogP) is 2.88. The van der Waals surface area contributed by atoms with Crippen molar-refractivity contribution in [3.8, 4) is 0 Å². The molecule has 2 heterocycles. The van der Waals surface area contributed by atoms with Gasteiger partial charge in [-0.05, 0) is 31.4 Å². The fraction of sp³-hybridized carbons (Fsp3) is 0.632. The summed E-state index contributed by atoms with van der Waals surface area (Å²) in [5.41, 5.74) is 2.86. The Hall–Kier alpha value is -0.460. The summed E-state index contributed by atoms with van der Waals surface area (Å²) in [5, 5.41) is 6.59. The third-order valence-corrected chi connectivity index (χ3v) is 6.27. The van der Waals surface area contributed by atoms with Gasteiger partial charge in [-0.2, -0.15) is 11.8 Å². The first-order valence-corrected chi connectivity index (χ1v) is 10.1. The molecular formula is C19H31Cl2N3OS. The van der Waals surface area contributed by atoms with Crippen LogP contribution in [-0.2, 0) is 17.8 Å². The molecule has 1 amide bonds. The molecule has 1 saturated heterocycles. The average molecular weight is 420 g/mol. The van der Waals surface area contributed by atoms with Crippen LogP contribution in [0.1, 0.15) is 31.4 Å². The average Bonchev–Trinajstić information content (AvgIpc) is 2.60. The third kappa shape index (κ3) is 6.31. The topological polar surface area (TPSA) is 44.4 Å². The van der Waals surface area contributed by atoms with Gasteiger partial charge >= 0.3 is 0 Å². The Morgan fingerprint density at radius 1 is 1.31 bits per heavy atom. The van der Waals surface area contributed by atoms with Crippen LogP contribution in [0.5, 0.6) is 0 Å². The second kappa shape index (κ2) is 10.8. The van der Waals surface area contributed by atoms with E-state index in [1.165, 1.54) is 11.1 Å². The van der Waals surface area contributed by atoms with Crippen LogP contribution in [0.3, 0.4) is 0 Å². The van der Waals surface area contributed by atoms with Gasteiger partial charge < -0.3 is 10.6 Å². The highest BCUT2D eigenvalue weighted by Crippen LogP contribution is 2.25. The summed E-state index contributed by atoms with van der Waals surface area (Å²) in [4.78, 5) is 14.8. The summed E-state index contributed by atoms with van der Waals surface area (Å²) in [5.74, 6) is 2.36. The number of rotatable bonds is 5. The van der Waals surface area contributed by atoms with Crippen molar-refractivity contribution in [3.63, 3.8) is 0 Å². The fourth-order valence-corrected chi connectivity index (χ4v) is 4.43. The van der Waals surface area contributed by atoms with E-state index >= 15 is 0 Å². The van der Waals surface area contributed by atoms with Crippen molar-refractivity contribution >= 4 is 42.5 Å². The molecule has 0 radical (unpaired) electrons. The van der Waals surface area contributed by atoms with Gasteiger partial charge in [-0.1, -0.05) is 24.3 Å². The Balaban J connectivity index is 0.00000169. The van der Waals surface area contributed by atoms with E-state index in [0.717, 1.165) is 37.6 Å². The summed E-state index contributed by atoms with van der Waals surface area (Å²) in [7, 11) is 0. The molecule has 0 spiro atoms. The second-order valence-electron chi connectivity index (χ2n) is 7.46. The summed E-state index contributed by atoms with van der Waals surface area (Å²) in [6, 6.07) is 9.02. The van der Waals surface area contributed by atoms with Crippen molar-refractivity contribution < 1.29 is 4.79 Å². The highest BCUT2D eigenvalue weighted by molar-refractivity contribution is 7.99. The largest absolute Gasteiger partial charge is 0.354 e. The standard InChI is InChI=1S/C19H29N3OS.2ClH/c1-19(2,14-21-18(23)11-17-13-24-10-8-20-17)22-9-7-15-5-3-4-6-16(15)12-22;;/h3-6,17,20H,7-14H2,1-2H3,(H,21,23);2*1H. The Morgan fingerprint density at radius 2 is 2.04 bits per heavy atom. The minimum Gasteiger partial charge on any atom is -0.354 e. The molecule has 1 atom stereocenters. The van der Waals surface area contributed by atoms with E-state index in [2.05, 4.69) is 53.6 Å². The molecule has 1 unspecified atom stereocenters. The molecule has 2 N–H and O–H groups in total. The van der Waals surface area contributed by atoms with E-state index in [-0.39, 0.29) is 36.3 Å². The molecule has 1 aromatic rings. The zero-order chi connectivity index (χ0) is 17.0. The first kappa shape index (κ1) is 23.6. The molecule has 4 nitrogen and oxygen atoms in total. The van der Waals surface area contributed by atoms with Crippen LogP contribution in [0.2, 0.25) is 0 Å². The Morgan fingerprint density at radius 3 is 2.73 bits per heavy atom. The lowest BCUT2D eigenvalue weighted by atomic mass is 9.94. The van der Waals surface area contributed by atoms with Crippen molar-refractivity contribution in [2.24, 2.45) is 0 Å². The molecule has 0 bridgehead atoms. The summed E-state index contributed by atoms with van der Waals surface area (Å²) >= 11 is 1.93. The lowest BCUT2D eigenvalue weighted by Gasteiger charge is -2.41. The molecule has 3 rings (SSSR count). The summed E-state index contributed by atoms with van der Waals surface area (Å²) < 4.78 is 0. The molecule has 7 heteroatoms. The Kier molecular flexibility index (Phi) is 9.76. The fourth-order valence-electron chi connectivity index (χ4n) is 3.49. The number of thioether (sulfide) groups is 1. The van der Waals surface area contributed by atoms with Crippen molar-refractivity contribution in [2.45, 2.75) is 44.8 Å². The molecule has 0 saturated carbocycles. The van der Waals surface area contributed by atoms with Crippen LogP contribution >= 0.6 is 36.6 Å². The van der Waals surface area contributed by atoms with E-state index in [1.807, 2.05) is 11.8 Å². The molecule has 2 aliphatic heterocycles. The van der Waals surface area contributed by atoms with E-state index in [0.29, 0.717) is 19.0 Å². The number of hydrogen-bond donors (Lipinski definition) is 2. The number of halogens is 2. The molecule has 0 aromatic heterocycles. The van der Waals surface area contributed by atoms with Crippen LogP contribution in [0.15, 0.2) is 24.3 Å². The first-order chi connectivity index (χ1) is 11.5. The predicted molar refractivity (Wildman–Crippen MR) is 116 cm³/mol. The number of nitrogens with one attached hydrogen (secondary N) is 2. The molecular weight excluding hydrogens is 389 g/mol. The van der Waals surface area contributed by atoms with Gasteiger partial charge in [0.05, 0.1) is 0 Å². The van der Waals surface area contributed by atoms with Gasteiger partial charge in [-0.3, -0.25) is 9.69 Å². The van der Waals surface area contributed by atoms with Gasteiger partial charge in [0.2, 0.25) is 5.91 Å². The highest BCUT2D eigenvalue weighted by atomic mass is 35.5. The number of carbonyl (C=O) groups is 1. The Labute approximate surface area is 174 Å². The molecule has 0 aliphatic carbocycles. The lowest BCUT2D eigenvalue weighted by Crippen LogP contribution is -2.53. The number of fused-ring (bicyclic) bond motifs is 1. The first-order valence-electron chi connectivity index (χ1n) is 8.94. The minimum atomic E-state index is -0.0298. The number of benzene rings is 1. The zero-order valence-electron chi connectivity index (χ0n) is 15.6. The zero-order valence-corrected chi connectivity index (χ0v) is 18.1. The lowest BCUT2D eigenvalue weighted by molar-refractivity contribution is -0.122. The van der Waals surface area contributed by atoms with Crippen LogP contribution in [0.25, 0.3) is 0 Å². The molecule has 148 valence electrons. The maximum Gasteiger partial charge on any atom is 0.221 e. The minimum absolute atomic E-state index is 0. The smallest absolute Gasteiger partial charge is 0.221 e. The number of amides is 1. The van der Waals surface area contributed by atoms with E-state index in [9.17, 15) is 4.79 Å².